The van der Waals surface area contributed by atoms with Gasteiger partial charge in [0, 0.05) is 10.6 Å². The molecule has 0 amide bonds. The molecule has 0 aromatic heterocycles. The Morgan fingerprint density at radius 3 is 2.50 bits per heavy atom. The average molecular weight is 413 g/mol. The van der Waals surface area contributed by atoms with Crippen molar-refractivity contribution < 1.29 is 9.47 Å². The predicted molar refractivity (Wildman–Crippen MR) is 103 cm³/mol. The minimum absolute atomic E-state index is 0.449. The number of hydrogen-bond acceptors (Lipinski definition) is 3. The van der Waals surface area contributed by atoms with E-state index >= 15 is 0 Å². The highest BCUT2D eigenvalue weighted by molar-refractivity contribution is 9.10. The zero-order valence-electron chi connectivity index (χ0n) is 14.3. The third-order valence-electron chi connectivity index (χ3n) is 3.69. The fourth-order valence-corrected chi connectivity index (χ4v) is 3.24. The van der Waals surface area contributed by atoms with Crippen LogP contribution >= 0.6 is 27.5 Å². The van der Waals surface area contributed by atoms with E-state index in [4.69, 9.17) is 21.1 Å². The molecule has 0 N–H and O–H groups in total. The molecule has 2 aromatic rings. The summed E-state index contributed by atoms with van der Waals surface area (Å²) in [5.74, 6) is 1.61. The lowest BCUT2D eigenvalue weighted by molar-refractivity contribution is 0.294. The fraction of sp³-hybridized carbons (Fsp3) is 0.368. The predicted octanol–water partition coefficient (Wildman–Crippen LogP) is 5.18. The minimum Gasteiger partial charge on any atom is -0.496 e. The first-order valence-electron chi connectivity index (χ1n) is 7.88. The highest BCUT2D eigenvalue weighted by Gasteiger charge is 2.08. The summed E-state index contributed by atoms with van der Waals surface area (Å²) < 4.78 is 12.2. The third kappa shape index (κ3) is 5.69. The van der Waals surface area contributed by atoms with Crippen molar-refractivity contribution in [3.63, 3.8) is 0 Å². The van der Waals surface area contributed by atoms with Crippen LogP contribution in [0.15, 0.2) is 40.9 Å². The first kappa shape index (κ1) is 19.1. The summed E-state index contributed by atoms with van der Waals surface area (Å²) in [6.07, 6.45) is 2.17. The van der Waals surface area contributed by atoms with E-state index in [0.717, 1.165) is 40.9 Å². The Balaban J connectivity index is 2.06. The van der Waals surface area contributed by atoms with Crippen LogP contribution in [-0.2, 0) is 13.0 Å². The van der Waals surface area contributed by atoms with Crippen molar-refractivity contribution in [3.8, 4) is 11.5 Å². The van der Waals surface area contributed by atoms with Crippen molar-refractivity contribution in [2.24, 2.45) is 0 Å². The molecule has 0 saturated carbocycles. The van der Waals surface area contributed by atoms with Crippen LogP contribution < -0.4 is 9.47 Å². The molecule has 0 atom stereocenters. The van der Waals surface area contributed by atoms with Crippen LogP contribution in [0.4, 0.5) is 0 Å². The molecule has 0 aliphatic rings. The lowest BCUT2D eigenvalue weighted by Gasteiger charge is -2.14. The summed E-state index contributed by atoms with van der Waals surface area (Å²) in [5, 5.41) is 0.676. The summed E-state index contributed by atoms with van der Waals surface area (Å²) in [6.45, 7) is 1.53. The van der Waals surface area contributed by atoms with Gasteiger partial charge in [0.1, 0.15) is 18.1 Å². The smallest absolute Gasteiger partial charge is 0.134 e. The van der Waals surface area contributed by atoms with Gasteiger partial charge >= 0.3 is 0 Å². The lowest BCUT2D eigenvalue weighted by Crippen LogP contribution is -2.13. The Hall–Kier alpha value is -1.23. The number of benzene rings is 2. The molecule has 0 radical (unpaired) electrons. The van der Waals surface area contributed by atoms with Crippen molar-refractivity contribution in [3.05, 3.63) is 57.0 Å². The second-order valence-corrected chi connectivity index (χ2v) is 7.21. The standard InChI is InChI=1S/C19H23BrClNO2/c1-22(2)10-4-5-14-6-8-18(23-3)15(11-14)13-24-19-9-7-16(21)12-17(19)20/h6-9,11-12H,4-5,10,13H2,1-3H3. The molecule has 5 heteroatoms. The second-order valence-electron chi connectivity index (χ2n) is 5.92. The molecule has 3 nitrogen and oxygen atoms in total. The molecular weight excluding hydrogens is 390 g/mol. The summed E-state index contributed by atoms with van der Waals surface area (Å²) in [7, 11) is 5.87. The van der Waals surface area contributed by atoms with Crippen LogP contribution in [0.1, 0.15) is 17.5 Å². The van der Waals surface area contributed by atoms with Crippen molar-refractivity contribution in [1.29, 1.82) is 0 Å². The number of hydrogen-bond donors (Lipinski definition) is 0. The summed E-state index contributed by atoms with van der Waals surface area (Å²) in [5.41, 5.74) is 2.34. The normalized spacial score (nSPS) is 10.9. The van der Waals surface area contributed by atoms with Gasteiger partial charge in [0.15, 0.2) is 0 Å². The van der Waals surface area contributed by atoms with E-state index in [1.807, 2.05) is 24.3 Å². The van der Waals surface area contributed by atoms with Crippen molar-refractivity contribution >= 4 is 27.5 Å². The van der Waals surface area contributed by atoms with Crippen molar-refractivity contribution in [2.45, 2.75) is 19.4 Å². The van der Waals surface area contributed by atoms with E-state index in [1.54, 1.807) is 7.11 Å². The maximum atomic E-state index is 5.96. The molecule has 130 valence electrons. The highest BCUT2D eigenvalue weighted by atomic mass is 79.9. The van der Waals surface area contributed by atoms with Crippen molar-refractivity contribution in [1.82, 2.24) is 4.90 Å². The van der Waals surface area contributed by atoms with E-state index in [-0.39, 0.29) is 0 Å². The Labute approximate surface area is 157 Å². The van der Waals surface area contributed by atoms with Gasteiger partial charge in [0.05, 0.1) is 11.6 Å². The van der Waals surface area contributed by atoms with Crippen LogP contribution in [0.2, 0.25) is 5.02 Å². The zero-order valence-corrected chi connectivity index (χ0v) is 16.7. The molecule has 0 fully saturated rings. The molecule has 0 unspecified atom stereocenters. The van der Waals surface area contributed by atoms with Crippen LogP contribution in [-0.4, -0.2) is 32.6 Å². The number of aryl methyl sites for hydroxylation is 1. The minimum atomic E-state index is 0.449. The van der Waals surface area contributed by atoms with E-state index < -0.39 is 0 Å². The number of rotatable bonds is 8. The first-order chi connectivity index (χ1) is 11.5. The molecular formula is C19H23BrClNO2. The van der Waals surface area contributed by atoms with Gasteiger partial charge in [-0.15, -0.1) is 0 Å². The molecule has 2 aromatic carbocycles. The number of halogens is 2. The quantitative estimate of drug-likeness (QED) is 0.596. The van der Waals surface area contributed by atoms with Gasteiger partial charge in [-0.1, -0.05) is 17.7 Å². The van der Waals surface area contributed by atoms with E-state index in [2.05, 4.69) is 47.1 Å². The summed E-state index contributed by atoms with van der Waals surface area (Å²) >= 11 is 9.44. The van der Waals surface area contributed by atoms with Gasteiger partial charge in [-0.3, -0.25) is 0 Å². The van der Waals surface area contributed by atoms with Gasteiger partial charge in [-0.05, 0) is 85.3 Å². The topological polar surface area (TPSA) is 21.7 Å². The van der Waals surface area contributed by atoms with Crippen LogP contribution in [0.5, 0.6) is 11.5 Å². The largest absolute Gasteiger partial charge is 0.496 e. The maximum Gasteiger partial charge on any atom is 0.134 e. The molecule has 0 aliphatic heterocycles. The Morgan fingerprint density at radius 1 is 1.08 bits per heavy atom. The third-order valence-corrected chi connectivity index (χ3v) is 4.55. The van der Waals surface area contributed by atoms with E-state index in [0.29, 0.717) is 11.6 Å². The zero-order chi connectivity index (χ0) is 17.5. The summed E-state index contributed by atoms with van der Waals surface area (Å²) in [6, 6.07) is 11.8. The average Bonchev–Trinajstić information content (AvgIpc) is 2.54. The number of methoxy groups -OCH3 is 1. The molecule has 2 rings (SSSR count). The Kier molecular flexibility index (Phi) is 7.40. The van der Waals surface area contributed by atoms with Gasteiger partial charge in [0.25, 0.3) is 0 Å². The SMILES string of the molecule is COc1ccc(CCCN(C)C)cc1COc1ccc(Cl)cc1Br. The Morgan fingerprint density at radius 2 is 1.83 bits per heavy atom. The van der Waals surface area contributed by atoms with Gasteiger partial charge < -0.3 is 14.4 Å². The number of nitrogens with zero attached hydrogens (tertiary/aromatic N) is 1. The van der Waals surface area contributed by atoms with Crippen LogP contribution in [0, 0.1) is 0 Å². The first-order valence-corrected chi connectivity index (χ1v) is 9.05. The van der Waals surface area contributed by atoms with E-state index in [1.165, 1.54) is 5.56 Å². The fourth-order valence-electron chi connectivity index (χ4n) is 2.45. The van der Waals surface area contributed by atoms with Crippen molar-refractivity contribution in [2.75, 3.05) is 27.7 Å². The van der Waals surface area contributed by atoms with Gasteiger partial charge in [0.2, 0.25) is 0 Å². The highest BCUT2D eigenvalue weighted by Crippen LogP contribution is 2.30. The molecule has 24 heavy (non-hydrogen) atoms. The van der Waals surface area contributed by atoms with Gasteiger partial charge in [-0.2, -0.15) is 0 Å². The van der Waals surface area contributed by atoms with Crippen LogP contribution in [0.25, 0.3) is 0 Å². The molecule has 0 heterocycles. The molecule has 0 saturated heterocycles. The molecule has 0 aliphatic carbocycles. The Bertz CT molecular complexity index is 676. The van der Waals surface area contributed by atoms with Crippen LogP contribution in [0.3, 0.4) is 0 Å². The second kappa shape index (κ2) is 9.30. The molecule has 0 bridgehead atoms. The van der Waals surface area contributed by atoms with Gasteiger partial charge in [-0.25, -0.2) is 0 Å². The number of ether oxygens (including phenoxy) is 2. The monoisotopic (exact) mass is 411 g/mol. The lowest BCUT2D eigenvalue weighted by atomic mass is 10.1. The summed E-state index contributed by atoms with van der Waals surface area (Å²) in [4.78, 5) is 2.20. The maximum absolute atomic E-state index is 5.96. The van der Waals surface area contributed by atoms with E-state index in [9.17, 15) is 0 Å². The molecule has 0 spiro atoms.